The van der Waals surface area contributed by atoms with Gasteiger partial charge in [0.2, 0.25) is 0 Å². The summed E-state index contributed by atoms with van der Waals surface area (Å²) in [5, 5.41) is 3.04. The maximum absolute atomic E-state index is 8.60. The van der Waals surface area contributed by atoms with E-state index in [4.69, 9.17) is 7.16 Å². The fourth-order valence-corrected chi connectivity index (χ4v) is 3.60. The van der Waals surface area contributed by atoms with Crippen LogP contribution in [0.25, 0.3) is 44.1 Å². The van der Waals surface area contributed by atoms with E-state index < -0.39 is 11.8 Å². The molecule has 0 aliphatic heterocycles. The summed E-state index contributed by atoms with van der Waals surface area (Å²) in [6.07, 6.45) is 2.07. The zero-order valence-electron chi connectivity index (χ0n) is 17.0. The minimum Gasteiger partial charge on any atom is -0.456 e. The Labute approximate surface area is 154 Å². The minimum atomic E-state index is -1.48. The standard InChI is InChI=1S/C23H20N2O/c1-23(2,3)12-14-9-10-24-18(11-14)15-7-8-20-21-16(15)13-25-17-5-4-6-19(26-20)22(17)21/h4-11,13H,12H2,1-3H3/i12D2. The second kappa shape index (κ2) is 5.28. The minimum absolute atomic E-state index is 0.527. The predicted molar refractivity (Wildman–Crippen MR) is 107 cm³/mol. The number of hydrogen-bond donors (Lipinski definition) is 0. The van der Waals surface area contributed by atoms with Gasteiger partial charge in [-0.2, -0.15) is 0 Å². The molecule has 3 nitrogen and oxygen atoms in total. The Bertz CT molecular complexity index is 1330. The Hall–Kier alpha value is -2.94. The molecule has 0 aliphatic carbocycles. The monoisotopic (exact) mass is 342 g/mol. The summed E-state index contributed by atoms with van der Waals surface area (Å²) < 4.78 is 23.2. The van der Waals surface area contributed by atoms with Crippen molar-refractivity contribution in [2.24, 2.45) is 5.41 Å². The van der Waals surface area contributed by atoms with E-state index in [1.807, 2.05) is 63.4 Å². The lowest BCUT2D eigenvalue weighted by Gasteiger charge is -2.18. The highest BCUT2D eigenvalue weighted by molar-refractivity contribution is 6.22. The van der Waals surface area contributed by atoms with Gasteiger partial charge in [-0.1, -0.05) is 26.8 Å². The first kappa shape index (κ1) is 13.3. The van der Waals surface area contributed by atoms with Crippen LogP contribution >= 0.6 is 0 Å². The number of hydrogen-bond acceptors (Lipinski definition) is 3. The van der Waals surface area contributed by atoms with Crippen LogP contribution in [-0.2, 0) is 6.37 Å². The molecule has 128 valence electrons. The number of nitrogens with zero attached hydrogens (tertiary/aromatic N) is 2. The molecule has 26 heavy (non-hydrogen) atoms. The molecule has 3 aromatic heterocycles. The quantitative estimate of drug-likeness (QED) is 0.357. The van der Waals surface area contributed by atoms with Crippen molar-refractivity contribution in [1.29, 1.82) is 0 Å². The van der Waals surface area contributed by atoms with Crippen molar-refractivity contribution in [3.8, 4) is 11.3 Å². The van der Waals surface area contributed by atoms with Crippen LogP contribution in [0.1, 0.15) is 29.1 Å². The van der Waals surface area contributed by atoms with Crippen molar-refractivity contribution in [3.05, 3.63) is 60.4 Å². The van der Waals surface area contributed by atoms with E-state index in [2.05, 4.69) is 9.97 Å². The van der Waals surface area contributed by atoms with Crippen LogP contribution < -0.4 is 0 Å². The van der Waals surface area contributed by atoms with Crippen molar-refractivity contribution < 1.29 is 7.16 Å². The molecule has 0 atom stereocenters. The predicted octanol–water partition coefficient (Wildman–Crippen LogP) is 6.22. The van der Waals surface area contributed by atoms with E-state index in [0.717, 1.165) is 44.1 Å². The van der Waals surface area contributed by atoms with Crippen molar-refractivity contribution in [2.45, 2.75) is 27.1 Å². The van der Waals surface area contributed by atoms with Crippen LogP contribution in [0.2, 0.25) is 0 Å². The molecule has 0 radical (unpaired) electrons. The molecule has 0 aliphatic rings. The highest BCUT2D eigenvalue weighted by Crippen LogP contribution is 2.39. The number of pyridine rings is 2. The second-order valence-corrected chi connectivity index (χ2v) is 7.72. The van der Waals surface area contributed by atoms with Crippen molar-refractivity contribution in [1.82, 2.24) is 9.97 Å². The van der Waals surface area contributed by atoms with E-state index in [-0.39, 0.29) is 0 Å². The maximum atomic E-state index is 8.60. The molecule has 0 spiro atoms. The van der Waals surface area contributed by atoms with E-state index in [1.165, 1.54) is 0 Å². The summed E-state index contributed by atoms with van der Waals surface area (Å²) in [6.45, 7) is 5.73. The van der Waals surface area contributed by atoms with Gasteiger partial charge in [0.25, 0.3) is 0 Å². The zero-order chi connectivity index (χ0) is 19.7. The normalized spacial score (nSPS) is 14.3. The molecule has 0 N–H and O–H groups in total. The average Bonchev–Trinajstić information content (AvgIpc) is 3.05. The Kier molecular flexibility index (Phi) is 2.70. The lowest BCUT2D eigenvalue weighted by molar-refractivity contribution is 0.411. The second-order valence-electron chi connectivity index (χ2n) is 7.72. The summed E-state index contributed by atoms with van der Waals surface area (Å²) in [5.74, 6) is 0. The molecule has 0 fully saturated rings. The number of benzene rings is 2. The smallest absolute Gasteiger partial charge is 0.137 e. The highest BCUT2D eigenvalue weighted by Gasteiger charge is 2.18. The molecular weight excluding hydrogens is 320 g/mol. The topological polar surface area (TPSA) is 38.9 Å². The summed E-state index contributed by atoms with van der Waals surface area (Å²) >= 11 is 0. The Morgan fingerprint density at radius 3 is 2.69 bits per heavy atom. The summed E-state index contributed by atoms with van der Waals surface area (Å²) in [7, 11) is 0. The number of rotatable bonds is 2. The van der Waals surface area contributed by atoms with E-state index >= 15 is 0 Å². The Morgan fingerprint density at radius 1 is 1.00 bits per heavy atom. The van der Waals surface area contributed by atoms with Gasteiger partial charge in [0.1, 0.15) is 11.2 Å². The van der Waals surface area contributed by atoms with Crippen molar-refractivity contribution >= 4 is 32.8 Å². The van der Waals surface area contributed by atoms with Gasteiger partial charge in [-0.15, -0.1) is 0 Å². The van der Waals surface area contributed by atoms with Crippen LogP contribution in [0.3, 0.4) is 0 Å². The first-order chi connectivity index (χ1) is 13.3. The largest absolute Gasteiger partial charge is 0.456 e. The molecule has 0 amide bonds. The third-order valence-corrected chi connectivity index (χ3v) is 4.57. The van der Waals surface area contributed by atoms with Gasteiger partial charge in [-0.05, 0) is 53.7 Å². The molecule has 0 saturated carbocycles. The molecule has 0 unspecified atom stereocenters. The SMILES string of the molecule is [2H]C([2H])(c1ccnc(-c2ccc3oc4cccc5ncc2c3c54)c1)C(C)(C)C. The number of aromatic nitrogens is 2. The van der Waals surface area contributed by atoms with Gasteiger partial charge in [0.15, 0.2) is 0 Å². The van der Waals surface area contributed by atoms with Crippen molar-refractivity contribution in [3.63, 3.8) is 0 Å². The van der Waals surface area contributed by atoms with E-state index in [0.29, 0.717) is 5.56 Å². The fraction of sp³-hybridized carbons (Fsp3) is 0.217. The van der Waals surface area contributed by atoms with Crippen molar-refractivity contribution in [2.75, 3.05) is 0 Å². The van der Waals surface area contributed by atoms with Gasteiger partial charge < -0.3 is 4.42 Å². The van der Waals surface area contributed by atoms with Gasteiger partial charge >= 0.3 is 0 Å². The van der Waals surface area contributed by atoms with Crippen LogP contribution in [0.4, 0.5) is 0 Å². The molecule has 5 aromatic rings. The first-order valence-electron chi connectivity index (χ1n) is 9.76. The van der Waals surface area contributed by atoms with Crippen LogP contribution in [-0.4, -0.2) is 9.97 Å². The first-order valence-corrected chi connectivity index (χ1v) is 8.76. The summed E-state index contributed by atoms with van der Waals surface area (Å²) in [5.41, 5.74) is 4.33. The van der Waals surface area contributed by atoms with Gasteiger partial charge in [0.05, 0.1) is 16.6 Å². The third kappa shape index (κ3) is 2.35. The molecular formula is C23H20N2O. The molecule has 2 aromatic carbocycles. The van der Waals surface area contributed by atoms with E-state index in [9.17, 15) is 0 Å². The number of furan rings is 1. The van der Waals surface area contributed by atoms with Gasteiger partial charge in [0, 0.05) is 31.5 Å². The lowest BCUT2D eigenvalue weighted by atomic mass is 9.88. The highest BCUT2D eigenvalue weighted by atomic mass is 16.3. The van der Waals surface area contributed by atoms with Crippen LogP contribution in [0, 0.1) is 5.41 Å². The molecule has 3 heteroatoms. The molecule has 5 rings (SSSR count). The van der Waals surface area contributed by atoms with Gasteiger partial charge in [-0.25, -0.2) is 0 Å². The fourth-order valence-electron chi connectivity index (χ4n) is 3.60. The lowest BCUT2D eigenvalue weighted by Crippen LogP contribution is -2.09. The average molecular weight is 342 g/mol. The Balaban J connectivity index is 1.77. The Morgan fingerprint density at radius 2 is 1.85 bits per heavy atom. The van der Waals surface area contributed by atoms with Crippen LogP contribution in [0.5, 0.6) is 0 Å². The maximum Gasteiger partial charge on any atom is 0.137 e. The molecule has 0 bridgehead atoms. The summed E-state index contributed by atoms with van der Waals surface area (Å²) in [4.78, 5) is 9.17. The van der Waals surface area contributed by atoms with Gasteiger partial charge in [-0.3, -0.25) is 9.97 Å². The summed E-state index contributed by atoms with van der Waals surface area (Å²) in [6, 6.07) is 13.5. The molecule has 3 heterocycles. The molecule has 0 saturated heterocycles. The van der Waals surface area contributed by atoms with Crippen LogP contribution in [0.15, 0.2) is 59.3 Å². The zero-order valence-corrected chi connectivity index (χ0v) is 15.0. The van der Waals surface area contributed by atoms with E-state index in [1.54, 1.807) is 12.3 Å². The third-order valence-electron chi connectivity index (χ3n) is 4.57.